The number of esters is 1. The third-order valence-electron chi connectivity index (χ3n) is 2.20. The third kappa shape index (κ3) is 6.70. The van der Waals surface area contributed by atoms with Gasteiger partial charge in [0.1, 0.15) is 6.61 Å². The van der Waals surface area contributed by atoms with Crippen LogP contribution in [0.1, 0.15) is 47.0 Å². The predicted octanol–water partition coefficient (Wildman–Crippen LogP) is 3.32. The average molecular weight is 198 g/mol. The highest BCUT2D eigenvalue weighted by atomic mass is 16.5. The van der Waals surface area contributed by atoms with E-state index in [0.717, 1.165) is 19.3 Å². The lowest BCUT2D eigenvalue weighted by Gasteiger charge is -2.09. The SMILES string of the molecule is CCC/C(=C\[C@@H](C)CC)COC(C)=O. The number of rotatable bonds is 6. The highest BCUT2D eigenvalue weighted by molar-refractivity contribution is 5.66. The number of carbonyl (C=O) groups is 1. The molecule has 0 aliphatic carbocycles. The van der Waals surface area contributed by atoms with Crippen LogP contribution in [0.25, 0.3) is 0 Å². The van der Waals surface area contributed by atoms with Gasteiger partial charge < -0.3 is 4.74 Å². The Morgan fingerprint density at radius 2 is 2.07 bits per heavy atom. The van der Waals surface area contributed by atoms with E-state index < -0.39 is 0 Å². The van der Waals surface area contributed by atoms with E-state index in [2.05, 4.69) is 26.8 Å². The molecule has 0 bridgehead atoms. The Labute approximate surface area is 87.3 Å². The molecule has 0 fully saturated rings. The van der Waals surface area contributed by atoms with E-state index in [0.29, 0.717) is 12.5 Å². The highest BCUT2D eigenvalue weighted by Gasteiger charge is 2.02. The average Bonchev–Trinajstić information content (AvgIpc) is 2.14. The van der Waals surface area contributed by atoms with Gasteiger partial charge in [-0.2, -0.15) is 0 Å². The van der Waals surface area contributed by atoms with Crippen molar-refractivity contribution in [3.8, 4) is 0 Å². The summed E-state index contributed by atoms with van der Waals surface area (Å²) in [6, 6.07) is 0. The van der Waals surface area contributed by atoms with Gasteiger partial charge in [0.25, 0.3) is 0 Å². The van der Waals surface area contributed by atoms with Crippen molar-refractivity contribution in [2.24, 2.45) is 5.92 Å². The molecule has 0 amide bonds. The molecule has 0 saturated heterocycles. The molecule has 1 atom stereocenters. The van der Waals surface area contributed by atoms with Gasteiger partial charge in [0.2, 0.25) is 0 Å². The minimum Gasteiger partial charge on any atom is -0.461 e. The summed E-state index contributed by atoms with van der Waals surface area (Å²) in [5.41, 5.74) is 1.25. The minimum absolute atomic E-state index is 0.198. The Kier molecular flexibility index (Phi) is 7.17. The van der Waals surface area contributed by atoms with Crippen LogP contribution < -0.4 is 0 Å². The maximum atomic E-state index is 10.7. The summed E-state index contributed by atoms with van der Waals surface area (Å²) in [5, 5.41) is 0. The molecule has 0 rings (SSSR count). The van der Waals surface area contributed by atoms with Crippen LogP contribution in [0.15, 0.2) is 11.6 Å². The zero-order valence-corrected chi connectivity index (χ0v) is 9.80. The normalized spacial score (nSPS) is 13.9. The fourth-order valence-electron chi connectivity index (χ4n) is 1.24. The second kappa shape index (κ2) is 7.60. The van der Waals surface area contributed by atoms with Crippen molar-refractivity contribution >= 4 is 5.97 Å². The molecule has 0 unspecified atom stereocenters. The molecule has 82 valence electrons. The van der Waals surface area contributed by atoms with Crippen LogP contribution in [0.3, 0.4) is 0 Å². The van der Waals surface area contributed by atoms with E-state index in [-0.39, 0.29) is 5.97 Å². The largest absolute Gasteiger partial charge is 0.461 e. The summed E-state index contributed by atoms with van der Waals surface area (Å²) in [7, 11) is 0. The van der Waals surface area contributed by atoms with E-state index in [1.165, 1.54) is 12.5 Å². The molecule has 0 N–H and O–H groups in total. The fraction of sp³-hybridized carbons (Fsp3) is 0.750. The first-order valence-corrected chi connectivity index (χ1v) is 5.43. The molecule has 0 aromatic carbocycles. The monoisotopic (exact) mass is 198 g/mol. The third-order valence-corrected chi connectivity index (χ3v) is 2.20. The van der Waals surface area contributed by atoms with Crippen LogP contribution in [0.5, 0.6) is 0 Å². The number of allylic oxidation sites excluding steroid dienone is 1. The zero-order chi connectivity index (χ0) is 11.0. The van der Waals surface area contributed by atoms with Gasteiger partial charge in [0, 0.05) is 6.92 Å². The molecule has 0 aliphatic rings. The van der Waals surface area contributed by atoms with E-state index in [9.17, 15) is 4.79 Å². The van der Waals surface area contributed by atoms with E-state index in [1.54, 1.807) is 0 Å². The Morgan fingerprint density at radius 3 is 2.50 bits per heavy atom. The first kappa shape index (κ1) is 13.2. The first-order chi connectivity index (χ1) is 6.60. The van der Waals surface area contributed by atoms with Crippen molar-refractivity contribution < 1.29 is 9.53 Å². The molecule has 0 radical (unpaired) electrons. The molecular weight excluding hydrogens is 176 g/mol. The van der Waals surface area contributed by atoms with Gasteiger partial charge in [0.15, 0.2) is 0 Å². The summed E-state index contributed by atoms with van der Waals surface area (Å²) in [6.45, 7) is 8.40. The van der Waals surface area contributed by atoms with E-state index >= 15 is 0 Å². The van der Waals surface area contributed by atoms with Crippen molar-refractivity contribution in [2.45, 2.75) is 47.0 Å². The van der Waals surface area contributed by atoms with Crippen molar-refractivity contribution in [2.75, 3.05) is 6.61 Å². The second-order valence-electron chi connectivity index (χ2n) is 3.74. The fourth-order valence-corrected chi connectivity index (χ4v) is 1.24. The summed E-state index contributed by atoms with van der Waals surface area (Å²) in [6.07, 6.45) is 5.49. The molecule has 0 saturated carbocycles. The molecule has 0 aromatic heterocycles. The van der Waals surface area contributed by atoms with Crippen LogP contribution in [0.2, 0.25) is 0 Å². The Hall–Kier alpha value is -0.790. The lowest BCUT2D eigenvalue weighted by Crippen LogP contribution is -2.04. The topological polar surface area (TPSA) is 26.3 Å². The number of hydrogen-bond donors (Lipinski definition) is 0. The lowest BCUT2D eigenvalue weighted by molar-refractivity contribution is -0.140. The number of hydrogen-bond acceptors (Lipinski definition) is 2. The molecule has 2 nitrogen and oxygen atoms in total. The molecule has 2 heteroatoms. The molecule has 0 spiro atoms. The van der Waals surface area contributed by atoms with Gasteiger partial charge in [-0.25, -0.2) is 0 Å². The van der Waals surface area contributed by atoms with Crippen LogP contribution >= 0.6 is 0 Å². The quantitative estimate of drug-likeness (QED) is 0.483. The van der Waals surface area contributed by atoms with Gasteiger partial charge in [-0.1, -0.05) is 39.7 Å². The van der Waals surface area contributed by atoms with Gasteiger partial charge in [-0.3, -0.25) is 4.79 Å². The van der Waals surface area contributed by atoms with Crippen molar-refractivity contribution in [1.29, 1.82) is 0 Å². The Morgan fingerprint density at radius 1 is 1.43 bits per heavy atom. The maximum Gasteiger partial charge on any atom is 0.302 e. The molecular formula is C12H22O2. The van der Waals surface area contributed by atoms with Gasteiger partial charge in [-0.05, 0) is 17.9 Å². The van der Waals surface area contributed by atoms with Gasteiger partial charge >= 0.3 is 5.97 Å². The lowest BCUT2D eigenvalue weighted by atomic mass is 10.0. The Balaban J connectivity index is 4.12. The van der Waals surface area contributed by atoms with Crippen LogP contribution in [-0.2, 0) is 9.53 Å². The van der Waals surface area contributed by atoms with Gasteiger partial charge in [0.05, 0.1) is 0 Å². The molecule has 14 heavy (non-hydrogen) atoms. The highest BCUT2D eigenvalue weighted by Crippen LogP contribution is 2.12. The predicted molar refractivity (Wildman–Crippen MR) is 59.1 cm³/mol. The second-order valence-corrected chi connectivity index (χ2v) is 3.74. The van der Waals surface area contributed by atoms with Crippen molar-refractivity contribution in [3.63, 3.8) is 0 Å². The van der Waals surface area contributed by atoms with Gasteiger partial charge in [-0.15, -0.1) is 0 Å². The van der Waals surface area contributed by atoms with Crippen molar-refractivity contribution in [3.05, 3.63) is 11.6 Å². The molecule has 0 aromatic rings. The molecule has 0 heterocycles. The smallest absolute Gasteiger partial charge is 0.302 e. The van der Waals surface area contributed by atoms with Crippen LogP contribution in [0, 0.1) is 5.92 Å². The maximum absolute atomic E-state index is 10.7. The first-order valence-electron chi connectivity index (χ1n) is 5.43. The summed E-state index contributed by atoms with van der Waals surface area (Å²) < 4.78 is 4.99. The number of ether oxygens (including phenoxy) is 1. The zero-order valence-electron chi connectivity index (χ0n) is 9.80. The molecule has 0 aliphatic heterocycles. The van der Waals surface area contributed by atoms with E-state index in [4.69, 9.17) is 4.74 Å². The summed E-state index contributed by atoms with van der Waals surface area (Å²) in [4.78, 5) is 10.7. The van der Waals surface area contributed by atoms with Crippen LogP contribution in [0.4, 0.5) is 0 Å². The number of carbonyl (C=O) groups excluding carboxylic acids is 1. The Bertz CT molecular complexity index is 194. The standard InChI is InChI=1S/C12H22O2/c1-5-7-12(8-10(3)6-2)9-14-11(4)13/h8,10H,5-7,9H2,1-4H3/b12-8+/t10-/m0/s1. The van der Waals surface area contributed by atoms with Crippen LogP contribution in [-0.4, -0.2) is 12.6 Å². The summed E-state index contributed by atoms with van der Waals surface area (Å²) >= 11 is 0. The minimum atomic E-state index is -0.198. The van der Waals surface area contributed by atoms with E-state index in [1.807, 2.05) is 0 Å². The van der Waals surface area contributed by atoms with Crippen molar-refractivity contribution in [1.82, 2.24) is 0 Å². The summed E-state index contributed by atoms with van der Waals surface area (Å²) in [5.74, 6) is 0.378.